The van der Waals surface area contributed by atoms with Gasteiger partial charge in [-0.3, -0.25) is 4.79 Å². The molecule has 0 aromatic heterocycles. The van der Waals surface area contributed by atoms with E-state index in [1.54, 1.807) is 6.07 Å². The first-order chi connectivity index (χ1) is 8.70. The monoisotopic (exact) mass is 304 g/mol. The molecule has 2 rings (SSSR count). The van der Waals surface area contributed by atoms with Crippen LogP contribution in [0.2, 0.25) is 0 Å². The second-order valence-corrected chi connectivity index (χ2v) is 4.69. The lowest BCUT2D eigenvalue weighted by Gasteiger charge is -2.07. The fourth-order valence-corrected chi connectivity index (χ4v) is 2.08. The molecule has 0 aliphatic carbocycles. The summed E-state index contributed by atoms with van der Waals surface area (Å²) in [6.07, 6.45) is 0. The van der Waals surface area contributed by atoms with Gasteiger partial charge < -0.3 is 11.1 Å². The van der Waals surface area contributed by atoms with Gasteiger partial charge in [-0.2, -0.15) is 0 Å². The van der Waals surface area contributed by atoms with Crippen LogP contribution in [0.5, 0.6) is 0 Å². The van der Waals surface area contributed by atoms with Crippen molar-refractivity contribution in [2.24, 2.45) is 5.73 Å². The van der Waals surface area contributed by atoms with Crippen LogP contribution in [0.4, 0.5) is 5.69 Å². The Bertz CT molecular complexity index is 569. The average molecular weight is 305 g/mol. The summed E-state index contributed by atoms with van der Waals surface area (Å²) in [5, 5.41) is 2.85. The summed E-state index contributed by atoms with van der Waals surface area (Å²) in [7, 11) is 0. The second kappa shape index (κ2) is 5.80. The fraction of sp³-hybridized carbons (Fsp3) is 0.0714. The maximum Gasteiger partial charge on any atom is 0.256 e. The molecule has 2 aromatic carbocycles. The number of hydrogen-bond donors (Lipinski definition) is 2. The predicted octanol–water partition coefficient (Wildman–Crippen LogP) is 3.16. The highest BCUT2D eigenvalue weighted by Gasteiger charge is 2.09. The van der Waals surface area contributed by atoms with E-state index in [1.807, 2.05) is 42.5 Å². The highest BCUT2D eigenvalue weighted by molar-refractivity contribution is 9.10. The van der Waals surface area contributed by atoms with Crippen LogP contribution in [0, 0.1) is 0 Å². The Balaban J connectivity index is 2.19. The zero-order valence-electron chi connectivity index (χ0n) is 9.69. The van der Waals surface area contributed by atoms with Crippen molar-refractivity contribution in [3.63, 3.8) is 0 Å². The molecule has 0 heterocycles. The molecule has 4 heteroatoms. The summed E-state index contributed by atoms with van der Waals surface area (Å²) >= 11 is 3.36. The number of carbonyl (C=O) groups is 1. The molecule has 0 saturated carbocycles. The molecular weight excluding hydrogens is 292 g/mol. The maximum absolute atomic E-state index is 12.1. The van der Waals surface area contributed by atoms with E-state index in [1.165, 1.54) is 0 Å². The average Bonchev–Trinajstić information content (AvgIpc) is 2.39. The summed E-state index contributed by atoms with van der Waals surface area (Å²) in [6.45, 7) is 0.457. The van der Waals surface area contributed by atoms with Crippen molar-refractivity contribution in [2.45, 2.75) is 6.54 Å². The Morgan fingerprint density at radius 3 is 2.67 bits per heavy atom. The van der Waals surface area contributed by atoms with E-state index in [0.717, 1.165) is 15.7 Å². The van der Waals surface area contributed by atoms with Crippen molar-refractivity contribution < 1.29 is 4.79 Å². The number of hydrogen-bond acceptors (Lipinski definition) is 2. The minimum Gasteiger partial charge on any atom is -0.326 e. The minimum atomic E-state index is -0.142. The lowest BCUT2D eigenvalue weighted by molar-refractivity contribution is 0.102. The van der Waals surface area contributed by atoms with E-state index in [9.17, 15) is 4.79 Å². The molecular formula is C14H13BrN2O. The molecule has 0 unspecified atom stereocenters. The SMILES string of the molecule is NCc1cccc(NC(=O)c2ccccc2Br)c1. The van der Waals surface area contributed by atoms with E-state index >= 15 is 0 Å². The Morgan fingerprint density at radius 2 is 1.94 bits per heavy atom. The van der Waals surface area contributed by atoms with Gasteiger partial charge in [0.05, 0.1) is 5.56 Å². The van der Waals surface area contributed by atoms with Crippen molar-refractivity contribution in [3.8, 4) is 0 Å². The van der Waals surface area contributed by atoms with Crippen molar-refractivity contribution >= 4 is 27.5 Å². The third-order valence-electron chi connectivity index (χ3n) is 2.54. The third kappa shape index (κ3) is 2.97. The number of nitrogens with one attached hydrogen (secondary N) is 1. The lowest BCUT2D eigenvalue weighted by atomic mass is 10.2. The fourth-order valence-electron chi connectivity index (χ4n) is 1.62. The van der Waals surface area contributed by atoms with Gasteiger partial charge in [0.2, 0.25) is 0 Å². The van der Waals surface area contributed by atoms with Gasteiger partial charge in [-0.15, -0.1) is 0 Å². The third-order valence-corrected chi connectivity index (χ3v) is 3.23. The molecule has 0 fully saturated rings. The van der Waals surface area contributed by atoms with Gasteiger partial charge in [0.25, 0.3) is 5.91 Å². The number of anilines is 1. The molecule has 0 bridgehead atoms. The zero-order chi connectivity index (χ0) is 13.0. The molecule has 2 aromatic rings. The number of amides is 1. The van der Waals surface area contributed by atoms with Crippen LogP contribution in [0.15, 0.2) is 53.0 Å². The van der Waals surface area contributed by atoms with Crippen LogP contribution >= 0.6 is 15.9 Å². The van der Waals surface area contributed by atoms with Crippen LogP contribution in [0.25, 0.3) is 0 Å². The summed E-state index contributed by atoms with van der Waals surface area (Å²) in [5.41, 5.74) is 7.91. The van der Waals surface area contributed by atoms with Gasteiger partial charge in [0, 0.05) is 16.7 Å². The summed E-state index contributed by atoms with van der Waals surface area (Å²) < 4.78 is 0.775. The highest BCUT2D eigenvalue weighted by atomic mass is 79.9. The molecule has 1 amide bonds. The smallest absolute Gasteiger partial charge is 0.256 e. The van der Waals surface area contributed by atoms with Crippen LogP contribution in [-0.4, -0.2) is 5.91 Å². The van der Waals surface area contributed by atoms with Crippen molar-refractivity contribution in [1.82, 2.24) is 0 Å². The highest BCUT2D eigenvalue weighted by Crippen LogP contribution is 2.18. The molecule has 0 aliphatic rings. The summed E-state index contributed by atoms with van der Waals surface area (Å²) in [4.78, 5) is 12.1. The Labute approximate surface area is 114 Å². The first kappa shape index (κ1) is 12.8. The molecule has 18 heavy (non-hydrogen) atoms. The van der Waals surface area contributed by atoms with E-state index in [-0.39, 0.29) is 5.91 Å². The van der Waals surface area contributed by atoms with Gasteiger partial charge in [-0.1, -0.05) is 24.3 Å². The van der Waals surface area contributed by atoms with Crippen LogP contribution in [-0.2, 0) is 6.54 Å². The van der Waals surface area contributed by atoms with Crippen molar-refractivity contribution in [1.29, 1.82) is 0 Å². The molecule has 0 atom stereocenters. The molecule has 92 valence electrons. The molecule has 3 N–H and O–H groups in total. The Kier molecular flexibility index (Phi) is 4.12. The maximum atomic E-state index is 12.1. The van der Waals surface area contributed by atoms with E-state index in [2.05, 4.69) is 21.2 Å². The number of halogens is 1. The standard InChI is InChI=1S/C14H13BrN2O/c15-13-7-2-1-6-12(13)14(18)17-11-5-3-4-10(8-11)9-16/h1-8H,9,16H2,(H,17,18). The summed E-state index contributed by atoms with van der Waals surface area (Å²) in [6, 6.07) is 14.8. The molecule has 3 nitrogen and oxygen atoms in total. The number of rotatable bonds is 3. The van der Waals surface area contributed by atoms with E-state index < -0.39 is 0 Å². The minimum absolute atomic E-state index is 0.142. The van der Waals surface area contributed by atoms with E-state index in [0.29, 0.717) is 12.1 Å². The van der Waals surface area contributed by atoms with Gasteiger partial charge in [0.15, 0.2) is 0 Å². The zero-order valence-corrected chi connectivity index (χ0v) is 11.3. The van der Waals surface area contributed by atoms with Gasteiger partial charge in [-0.05, 0) is 45.8 Å². The quantitative estimate of drug-likeness (QED) is 0.915. The second-order valence-electron chi connectivity index (χ2n) is 3.84. The topological polar surface area (TPSA) is 55.1 Å². The molecule has 0 aliphatic heterocycles. The van der Waals surface area contributed by atoms with Crippen LogP contribution in [0.1, 0.15) is 15.9 Å². The normalized spacial score (nSPS) is 10.1. The van der Waals surface area contributed by atoms with Gasteiger partial charge in [0.1, 0.15) is 0 Å². The number of nitrogens with two attached hydrogens (primary N) is 1. The number of carbonyl (C=O) groups excluding carboxylic acids is 1. The Morgan fingerprint density at radius 1 is 1.17 bits per heavy atom. The van der Waals surface area contributed by atoms with Crippen molar-refractivity contribution in [2.75, 3.05) is 5.32 Å². The first-order valence-electron chi connectivity index (χ1n) is 5.55. The van der Waals surface area contributed by atoms with Crippen LogP contribution in [0.3, 0.4) is 0 Å². The molecule has 0 spiro atoms. The van der Waals surface area contributed by atoms with E-state index in [4.69, 9.17) is 5.73 Å². The van der Waals surface area contributed by atoms with Gasteiger partial charge in [-0.25, -0.2) is 0 Å². The first-order valence-corrected chi connectivity index (χ1v) is 6.35. The Hall–Kier alpha value is -1.65. The predicted molar refractivity (Wildman–Crippen MR) is 76.4 cm³/mol. The lowest BCUT2D eigenvalue weighted by Crippen LogP contribution is -2.12. The number of benzene rings is 2. The van der Waals surface area contributed by atoms with Crippen LogP contribution < -0.4 is 11.1 Å². The molecule has 0 saturated heterocycles. The van der Waals surface area contributed by atoms with Gasteiger partial charge >= 0.3 is 0 Å². The molecule has 0 radical (unpaired) electrons. The van der Waals surface area contributed by atoms with Crippen molar-refractivity contribution in [3.05, 3.63) is 64.1 Å². The summed E-state index contributed by atoms with van der Waals surface area (Å²) in [5.74, 6) is -0.142. The largest absolute Gasteiger partial charge is 0.326 e.